The molecule has 1 aromatic heterocycles. The van der Waals surface area contributed by atoms with Gasteiger partial charge in [0.2, 0.25) is 5.95 Å². The molecule has 35 heavy (non-hydrogen) atoms. The molecule has 0 saturated carbocycles. The quantitative estimate of drug-likeness (QED) is 0.270. The van der Waals surface area contributed by atoms with Crippen molar-refractivity contribution in [1.29, 1.82) is 0 Å². The highest BCUT2D eigenvalue weighted by Crippen LogP contribution is 2.24. The number of anilines is 5. The van der Waals surface area contributed by atoms with Gasteiger partial charge in [-0.15, -0.1) is 0 Å². The summed E-state index contributed by atoms with van der Waals surface area (Å²) in [5.74, 6) is 1.04. The molecule has 11 heteroatoms. The summed E-state index contributed by atoms with van der Waals surface area (Å²) < 4.78 is 46.1. The van der Waals surface area contributed by atoms with E-state index in [1.165, 1.54) is 0 Å². The van der Waals surface area contributed by atoms with E-state index < -0.39 is 15.8 Å². The third-order valence-corrected chi connectivity index (χ3v) is 6.48. The summed E-state index contributed by atoms with van der Waals surface area (Å²) in [6.45, 7) is 1.85. The standard InChI is InChI=1S/C24H21ClFN5O3S/c1-15-13-23(28-16-7-9-19(34-2)10-8-16)30-24(27-15)29-17-3-5-18(6-4-17)31-35(32,33)20-11-12-22(26)21(25)14-20/h3-14,31H,1-2H3,(H2,27,28,29,30). The molecule has 0 unspecified atom stereocenters. The van der Waals surface area contributed by atoms with E-state index in [-0.39, 0.29) is 9.92 Å². The molecule has 0 bridgehead atoms. The molecule has 4 rings (SSSR count). The van der Waals surface area contributed by atoms with Gasteiger partial charge in [-0.05, 0) is 73.7 Å². The topological polar surface area (TPSA) is 105 Å². The van der Waals surface area contributed by atoms with Crippen molar-refractivity contribution in [1.82, 2.24) is 9.97 Å². The number of methoxy groups -OCH3 is 1. The van der Waals surface area contributed by atoms with Crippen molar-refractivity contribution in [2.75, 3.05) is 22.5 Å². The molecule has 3 aromatic carbocycles. The maximum absolute atomic E-state index is 13.4. The van der Waals surface area contributed by atoms with Crippen LogP contribution >= 0.6 is 11.6 Å². The first kappa shape index (κ1) is 24.2. The van der Waals surface area contributed by atoms with Crippen molar-refractivity contribution >= 4 is 50.5 Å². The SMILES string of the molecule is COc1ccc(Nc2cc(C)nc(Nc3ccc(NS(=O)(=O)c4ccc(F)c(Cl)c4)cc3)n2)cc1. The molecule has 4 aromatic rings. The number of nitrogens with zero attached hydrogens (tertiary/aromatic N) is 2. The summed E-state index contributed by atoms with van der Waals surface area (Å²) >= 11 is 5.70. The van der Waals surface area contributed by atoms with Crippen molar-refractivity contribution in [2.24, 2.45) is 0 Å². The lowest BCUT2D eigenvalue weighted by molar-refractivity contribution is 0.415. The fourth-order valence-electron chi connectivity index (χ4n) is 3.12. The molecule has 0 radical (unpaired) electrons. The molecule has 0 spiro atoms. The minimum Gasteiger partial charge on any atom is -0.497 e. The van der Waals surface area contributed by atoms with Crippen molar-refractivity contribution in [3.05, 3.63) is 89.3 Å². The number of rotatable bonds is 8. The molecule has 0 amide bonds. The van der Waals surface area contributed by atoms with Crippen LogP contribution in [0.3, 0.4) is 0 Å². The zero-order valence-corrected chi connectivity index (χ0v) is 20.3. The highest BCUT2D eigenvalue weighted by atomic mass is 35.5. The molecule has 180 valence electrons. The minimum absolute atomic E-state index is 0.142. The second kappa shape index (κ2) is 10.2. The highest BCUT2D eigenvalue weighted by Gasteiger charge is 2.16. The van der Waals surface area contributed by atoms with Crippen LogP contribution in [-0.4, -0.2) is 25.5 Å². The largest absolute Gasteiger partial charge is 0.497 e. The molecule has 0 aliphatic carbocycles. The van der Waals surface area contributed by atoms with E-state index in [0.29, 0.717) is 23.1 Å². The van der Waals surface area contributed by atoms with E-state index in [1.54, 1.807) is 31.4 Å². The smallest absolute Gasteiger partial charge is 0.261 e. The summed E-state index contributed by atoms with van der Waals surface area (Å²) in [7, 11) is -2.32. The van der Waals surface area contributed by atoms with Gasteiger partial charge in [0.05, 0.1) is 17.0 Å². The Morgan fingerprint density at radius 3 is 2.14 bits per heavy atom. The zero-order chi connectivity index (χ0) is 25.0. The lowest BCUT2D eigenvalue weighted by atomic mass is 10.3. The first-order valence-corrected chi connectivity index (χ1v) is 12.2. The molecule has 0 aliphatic rings. The van der Waals surface area contributed by atoms with E-state index in [2.05, 4.69) is 25.3 Å². The monoisotopic (exact) mass is 513 g/mol. The second-order valence-electron chi connectivity index (χ2n) is 7.46. The molecular formula is C24H21ClFN5O3S. The second-order valence-corrected chi connectivity index (χ2v) is 9.55. The van der Waals surface area contributed by atoms with Crippen LogP contribution in [0.15, 0.2) is 77.7 Å². The summed E-state index contributed by atoms with van der Waals surface area (Å²) in [6, 6.07) is 19.0. The van der Waals surface area contributed by atoms with Crippen molar-refractivity contribution in [3.63, 3.8) is 0 Å². The molecule has 8 nitrogen and oxygen atoms in total. The highest BCUT2D eigenvalue weighted by molar-refractivity contribution is 7.92. The zero-order valence-electron chi connectivity index (χ0n) is 18.7. The van der Waals surface area contributed by atoms with Gasteiger partial charge in [0.1, 0.15) is 17.4 Å². The Morgan fingerprint density at radius 2 is 1.49 bits per heavy atom. The van der Waals surface area contributed by atoms with Gasteiger partial charge in [-0.25, -0.2) is 17.8 Å². The Bertz CT molecular complexity index is 1450. The molecule has 0 saturated heterocycles. The van der Waals surface area contributed by atoms with Crippen LogP contribution in [-0.2, 0) is 10.0 Å². The number of aryl methyl sites for hydroxylation is 1. The predicted octanol–water partition coefficient (Wildman–Crippen LogP) is 5.87. The van der Waals surface area contributed by atoms with Crippen LogP contribution in [0.1, 0.15) is 5.69 Å². The number of halogens is 2. The average Bonchev–Trinajstić information content (AvgIpc) is 2.82. The fraction of sp³-hybridized carbons (Fsp3) is 0.0833. The summed E-state index contributed by atoms with van der Waals surface area (Å²) in [5, 5.41) is 6.06. The molecule has 0 aliphatic heterocycles. The Morgan fingerprint density at radius 1 is 0.857 bits per heavy atom. The Hall–Kier alpha value is -3.89. The average molecular weight is 514 g/mol. The maximum Gasteiger partial charge on any atom is 0.261 e. The van der Waals surface area contributed by atoms with Gasteiger partial charge in [0, 0.05) is 28.8 Å². The summed E-state index contributed by atoms with van der Waals surface area (Å²) in [6.07, 6.45) is 0. The van der Waals surface area contributed by atoms with Crippen LogP contribution < -0.4 is 20.1 Å². The number of benzene rings is 3. The Labute approximate surface area is 207 Å². The normalized spacial score (nSPS) is 11.1. The Balaban J connectivity index is 1.45. The molecule has 0 atom stereocenters. The number of ether oxygens (including phenoxy) is 1. The first-order valence-electron chi connectivity index (χ1n) is 10.3. The molecule has 3 N–H and O–H groups in total. The van der Waals surface area contributed by atoms with Gasteiger partial charge in [0.25, 0.3) is 10.0 Å². The first-order chi connectivity index (χ1) is 16.7. The van der Waals surface area contributed by atoms with E-state index in [9.17, 15) is 12.8 Å². The molecule has 0 fully saturated rings. The fourth-order valence-corrected chi connectivity index (χ4v) is 4.45. The van der Waals surface area contributed by atoms with Crippen LogP contribution in [0.5, 0.6) is 5.75 Å². The van der Waals surface area contributed by atoms with Crippen LogP contribution in [0.4, 0.5) is 33.2 Å². The van der Waals surface area contributed by atoms with Gasteiger partial charge in [0.15, 0.2) is 0 Å². The third kappa shape index (κ3) is 6.17. The number of hydrogen-bond acceptors (Lipinski definition) is 7. The summed E-state index contributed by atoms with van der Waals surface area (Å²) in [4.78, 5) is 8.74. The van der Waals surface area contributed by atoms with E-state index in [4.69, 9.17) is 16.3 Å². The van der Waals surface area contributed by atoms with Gasteiger partial charge in [-0.2, -0.15) is 4.98 Å². The molecule has 1 heterocycles. The van der Waals surface area contributed by atoms with Gasteiger partial charge < -0.3 is 15.4 Å². The van der Waals surface area contributed by atoms with Crippen molar-refractivity contribution < 1.29 is 17.5 Å². The predicted molar refractivity (Wildman–Crippen MR) is 135 cm³/mol. The van der Waals surface area contributed by atoms with Gasteiger partial charge in [-0.1, -0.05) is 11.6 Å². The maximum atomic E-state index is 13.4. The summed E-state index contributed by atoms with van der Waals surface area (Å²) in [5.41, 5.74) is 2.57. The van der Waals surface area contributed by atoms with E-state index in [1.807, 2.05) is 37.3 Å². The number of hydrogen-bond donors (Lipinski definition) is 3. The Kier molecular flexibility index (Phi) is 7.04. The van der Waals surface area contributed by atoms with Crippen molar-refractivity contribution in [3.8, 4) is 5.75 Å². The van der Waals surface area contributed by atoms with E-state index >= 15 is 0 Å². The number of sulfonamides is 1. The van der Waals surface area contributed by atoms with E-state index in [0.717, 1.165) is 35.3 Å². The number of aromatic nitrogens is 2. The lowest BCUT2D eigenvalue weighted by Crippen LogP contribution is -2.13. The minimum atomic E-state index is -3.93. The van der Waals surface area contributed by atoms with Crippen LogP contribution in [0.2, 0.25) is 5.02 Å². The van der Waals surface area contributed by atoms with Gasteiger partial charge in [-0.3, -0.25) is 4.72 Å². The lowest BCUT2D eigenvalue weighted by Gasteiger charge is -2.12. The third-order valence-electron chi connectivity index (χ3n) is 4.81. The van der Waals surface area contributed by atoms with Crippen molar-refractivity contribution in [2.45, 2.75) is 11.8 Å². The van der Waals surface area contributed by atoms with Gasteiger partial charge >= 0.3 is 0 Å². The van der Waals surface area contributed by atoms with Crippen LogP contribution in [0.25, 0.3) is 0 Å². The van der Waals surface area contributed by atoms with Crippen LogP contribution in [0, 0.1) is 12.7 Å². The molecular weight excluding hydrogens is 493 g/mol. The number of nitrogens with one attached hydrogen (secondary N) is 3.